The van der Waals surface area contributed by atoms with Crippen LogP contribution in [-0.4, -0.2) is 15.1 Å². The van der Waals surface area contributed by atoms with Crippen molar-refractivity contribution < 1.29 is 5.11 Å². The molecule has 4 aromatic rings. The molecule has 0 aliphatic rings. The van der Waals surface area contributed by atoms with Gasteiger partial charge in [0.25, 0.3) is 0 Å². The summed E-state index contributed by atoms with van der Waals surface area (Å²) >= 11 is 0. The number of rotatable bonds is 4. The van der Waals surface area contributed by atoms with Gasteiger partial charge in [0.05, 0.1) is 11.0 Å². The summed E-state index contributed by atoms with van der Waals surface area (Å²) in [7, 11) is 0. The topological polar surface area (TPSA) is 48.9 Å². The Kier molecular flexibility index (Phi) is 4.08. The highest BCUT2D eigenvalue weighted by Gasteiger charge is 2.11. The number of aromatic nitrogens is 2. The maximum atomic E-state index is 10.6. The molecule has 2 N–H and O–H groups in total. The monoisotopic (exact) mass is 328 g/mol. The second kappa shape index (κ2) is 6.54. The van der Waals surface area contributed by atoms with Crippen LogP contribution in [0.2, 0.25) is 0 Å². The third-order valence-electron chi connectivity index (χ3n) is 4.59. The van der Waals surface area contributed by atoms with E-state index in [1.54, 1.807) is 0 Å². The second-order valence-electron chi connectivity index (χ2n) is 6.22. The second-order valence-corrected chi connectivity index (χ2v) is 6.22. The van der Waals surface area contributed by atoms with Crippen LogP contribution in [0.15, 0.2) is 72.8 Å². The number of benzene rings is 3. The molecule has 0 saturated carbocycles. The molecule has 4 rings (SSSR count). The predicted octanol–water partition coefficient (Wildman–Crippen LogP) is 4.87. The van der Waals surface area contributed by atoms with Gasteiger partial charge in [0.15, 0.2) is 0 Å². The fourth-order valence-corrected chi connectivity index (χ4v) is 3.04. The number of hydrogen-bond donors (Lipinski definition) is 2. The Morgan fingerprint density at radius 2 is 1.52 bits per heavy atom. The Hall–Kier alpha value is -2.91. The van der Waals surface area contributed by atoms with Crippen LogP contribution < -0.4 is 0 Å². The van der Waals surface area contributed by atoms with Gasteiger partial charge < -0.3 is 10.1 Å². The quantitative estimate of drug-likeness (QED) is 0.561. The molecule has 1 aromatic heterocycles. The molecular formula is C22H20N2O. The highest BCUT2D eigenvalue weighted by atomic mass is 16.3. The van der Waals surface area contributed by atoms with E-state index in [4.69, 9.17) is 0 Å². The van der Waals surface area contributed by atoms with Crippen molar-refractivity contribution in [1.29, 1.82) is 0 Å². The van der Waals surface area contributed by atoms with Crippen LogP contribution in [0.25, 0.3) is 22.4 Å². The van der Waals surface area contributed by atoms with Gasteiger partial charge in [-0.3, -0.25) is 0 Å². The lowest BCUT2D eigenvalue weighted by molar-refractivity contribution is 0.220. The number of fused-ring (bicyclic) bond motifs is 1. The molecule has 0 aliphatic carbocycles. The molecule has 3 heteroatoms. The fraction of sp³-hybridized carbons (Fsp3) is 0.136. The summed E-state index contributed by atoms with van der Waals surface area (Å²) in [6, 6.07) is 24.0. The summed E-state index contributed by atoms with van der Waals surface area (Å²) in [6.07, 6.45) is 0.387. The van der Waals surface area contributed by atoms with Crippen molar-refractivity contribution >= 4 is 11.0 Å². The summed E-state index contributed by atoms with van der Waals surface area (Å²) in [5.41, 5.74) is 6.05. The fourth-order valence-electron chi connectivity index (χ4n) is 3.04. The summed E-state index contributed by atoms with van der Waals surface area (Å²) in [6.45, 7) is 2.13. The number of H-pyrrole nitrogens is 1. The van der Waals surface area contributed by atoms with Crippen molar-refractivity contribution in [1.82, 2.24) is 9.97 Å². The first-order valence-corrected chi connectivity index (χ1v) is 8.56. The number of nitrogens with zero attached hydrogens (tertiary/aromatic N) is 1. The van der Waals surface area contributed by atoms with Crippen LogP contribution in [0.1, 0.15) is 29.7 Å². The van der Waals surface area contributed by atoms with E-state index in [2.05, 4.69) is 29.0 Å². The molecule has 3 aromatic carbocycles. The molecule has 0 aliphatic heterocycles. The lowest BCUT2D eigenvalue weighted by Crippen LogP contribution is -1.99. The van der Waals surface area contributed by atoms with Crippen molar-refractivity contribution in [2.75, 3.05) is 0 Å². The minimum Gasteiger partial charge on any atom is -0.384 e. The van der Waals surface area contributed by atoms with E-state index in [0.717, 1.165) is 40.0 Å². The normalized spacial score (nSPS) is 12.4. The van der Waals surface area contributed by atoms with Crippen molar-refractivity contribution in [2.24, 2.45) is 0 Å². The molecule has 0 bridgehead atoms. The average molecular weight is 328 g/mol. The van der Waals surface area contributed by atoms with Crippen LogP contribution in [0.3, 0.4) is 0 Å². The molecule has 1 heterocycles. The van der Waals surface area contributed by atoms with Crippen LogP contribution in [0.4, 0.5) is 0 Å². The Bertz CT molecular complexity index is 952. The maximum Gasteiger partial charge on any atom is 0.138 e. The molecule has 0 spiro atoms. The Morgan fingerprint density at radius 1 is 0.880 bits per heavy atom. The highest BCUT2D eigenvalue weighted by Crippen LogP contribution is 2.26. The number of aliphatic hydroxyl groups is 1. The van der Waals surface area contributed by atoms with Crippen LogP contribution in [0, 0.1) is 0 Å². The van der Waals surface area contributed by atoms with E-state index in [9.17, 15) is 5.11 Å². The standard InChI is InChI=1S/C22H20N2O/c1-2-15-7-9-16(10-8-15)21(25)17-11-13-18(14-12-17)22-23-19-5-3-4-6-20(19)24-22/h3-14,21,25H,2H2,1H3,(H,23,24). The van der Waals surface area contributed by atoms with Gasteiger partial charge in [-0.05, 0) is 35.2 Å². The summed E-state index contributed by atoms with van der Waals surface area (Å²) < 4.78 is 0. The van der Waals surface area contributed by atoms with Gasteiger partial charge in [0.1, 0.15) is 11.9 Å². The Morgan fingerprint density at radius 3 is 2.16 bits per heavy atom. The minimum absolute atomic E-state index is 0.615. The third-order valence-corrected chi connectivity index (χ3v) is 4.59. The van der Waals surface area contributed by atoms with Crippen molar-refractivity contribution in [3.05, 3.63) is 89.5 Å². The summed E-state index contributed by atoms with van der Waals surface area (Å²) in [4.78, 5) is 7.95. The zero-order valence-electron chi connectivity index (χ0n) is 14.1. The number of nitrogens with one attached hydrogen (secondary N) is 1. The molecule has 124 valence electrons. The molecular weight excluding hydrogens is 308 g/mol. The van der Waals surface area contributed by atoms with Gasteiger partial charge in [-0.15, -0.1) is 0 Å². The van der Waals surface area contributed by atoms with Crippen molar-refractivity contribution in [3.63, 3.8) is 0 Å². The third kappa shape index (κ3) is 3.06. The van der Waals surface area contributed by atoms with Crippen LogP contribution in [-0.2, 0) is 6.42 Å². The lowest BCUT2D eigenvalue weighted by atomic mass is 9.99. The lowest BCUT2D eigenvalue weighted by Gasteiger charge is -2.12. The van der Waals surface area contributed by atoms with Gasteiger partial charge in [0.2, 0.25) is 0 Å². The van der Waals surface area contributed by atoms with Gasteiger partial charge >= 0.3 is 0 Å². The first-order valence-electron chi connectivity index (χ1n) is 8.56. The van der Waals surface area contributed by atoms with Crippen molar-refractivity contribution in [2.45, 2.75) is 19.4 Å². The van der Waals surface area contributed by atoms with Gasteiger partial charge in [-0.25, -0.2) is 4.98 Å². The first-order chi connectivity index (χ1) is 12.2. The average Bonchev–Trinajstić information content (AvgIpc) is 3.12. The maximum absolute atomic E-state index is 10.6. The number of aromatic amines is 1. The van der Waals surface area contributed by atoms with E-state index in [1.165, 1.54) is 5.56 Å². The van der Waals surface area contributed by atoms with E-state index in [1.807, 2.05) is 60.7 Å². The number of imidazole rings is 1. The highest BCUT2D eigenvalue weighted by molar-refractivity contribution is 5.79. The van der Waals surface area contributed by atoms with E-state index < -0.39 is 6.10 Å². The molecule has 0 radical (unpaired) electrons. The van der Waals surface area contributed by atoms with Crippen LogP contribution >= 0.6 is 0 Å². The first kappa shape index (κ1) is 15.6. The number of aryl methyl sites for hydroxylation is 1. The molecule has 0 fully saturated rings. The molecule has 1 atom stereocenters. The number of aliphatic hydroxyl groups excluding tert-OH is 1. The smallest absolute Gasteiger partial charge is 0.138 e. The minimum atomic E-state index is -0.615. The predicted molar refractivity (Wildman–Crippen MR) is 101 cm³/mol. The van der Waals surface area contributed by atoms with Gasteiger partial charge in [0, 0.05) is 5.56 Å². The van der Waals surface area contributed by atoms with Crippen molar-refractivity contribution in [3.8, 4) is 11.4 Å². The summed E-state index contributed by atoms with van der Waals surface area (Å²) in [5, 5.41) is 10.6. The zero-order chi connectivity index (χ0) is 17.2. The Labute approximate surface area is 147 Å². The molecule has 1 unspecified atom stereocenters. The van der Waals surface area contributed by atoms with E-state index >= 15 is 0 Å². The van der Waals surface area contributed by atoms with Gasteiger partial charge in [-0.1, -0.05) is 67.6 Å². The molecule has 0 amide bonds. The van der Waals surface area contributed by atoms with E-state index in [0.29, 0.717) is 0 Å². The molecule has 0 saturated heterocycles. The van der Waals surface area contributed by atoms with E-state index in [-0.39, 0.29) is 0 Å². The Balaban J connectivity index is 1.60. The molecule has 25 heavy (non-hydrogen) atoms. The SMILES string of the molecule is CCc1ccc(C(O)c2ccc(-c3nc4ccccc4[nH]3)cc2)cc1. The largest absolute Gasteiger partial charge is 0.384 e. The zero-order valence-corrected chi connectivity index (χ0v) is 14.1. The van der Waals surface area contributed by atoms with Crippen LogP contribution in [0.5, 0.6) is 0 Å². The molecule has 3 nitrogen and oxygen atoms in total. The summed E-state index contributed by atoms with van der Waals surface area (Å²) in [5.74, 6) is 0.842. The number of hydrogen-bond acceptors (Lipinski definition) is 2. The van der Waals surface area contributed by atoms with Gasteiger partial charge in [-0.2, -0.15) is 0 Å². The number of para-hydroxylation sites is 2.